The molecule has 1 heteroatoms. The number of hydrogen-bond donors (Lipinski definition) is 0. The zero-order chi connectivity index (χ0) is 11.4. The first kappa shape index (κ1) is 12.1. The number of hydrogen-bond acceptors (Lipinski definition) is 1. The lowest BCUT2D eigenvalue weighted by molar-refractivity contribution is -0.122. The van der Waals surface area contributed by atoms with Crippen molar-refractivity contribution < 1.29 is 4.79 Å². The molecule has 0 aromatic carbocycles. The van der Waals surface area contributed by atoms with E-state index in [9.17, 15) is 4.79 Å². The first-order valence-electron chi connectivity index (χ1n) is 7.31. The van der Waals surface area contributed by atoms with Crippen molar-refractivity contribution in [3.05, 3.63) is 0 Å². The van der Waals surface area contributed by atoms with Crippen molar-refractivity contribution in [2.45, 2.75) is 71.1 Å². The summed E-state index contributed by atoms with van der Waals surface area (Å²) in [6.07, 6.45) is 12.7. The van der Waals surface area contributed by atoms with Crippen LogP contribution >= 0.6 is 0 Å². The lowest BCUT2D eigenvalue weighted by Crippen LogP contribution is -2.26. The van der Waals surface area contributed by atoms with Crippen LogP contribution in [0.3, 0.4) is 0 Å². The van der Waals surface area contributed by atoms with Crippen molar-refractivity contribution in [1.82, 2.24) is 0 Å². The Labute approximate surface area is 100.0 Å². The first-order valence-corrected chi connectivity index (χ1v) is 7.31. The van der Waals surface area contributed by atoms with Crippen LogP contribution in [0.4, 0.5) is 0 Å². The summed E-state index contributed by atoms with van der Waals surface area (Å²) in [6.45, 7) is 2.30. The molecule has 2 fully saturated rings. The summed E-state index contributed by atoms with van der Waals surface area (Å²) < 4.78 is 0. The third-order valence-electron chi connectivity index (χ3n) is 4.78. The van der Waals surface area contributed by atoms with Crippen molar-refractivity contribution in [3.8, 4) is 0 Å². The molecular formula is C15H26O. The van der Waals surface area contributed by atoms with Gasteiger partial charge in [-0.25, -0.2) is 0 Å². The second-order valence-electron chi connectivity index (χ2n) is 5.96. The van der Waals surface area contributed by atoms with Crippen LogP contribution in [0.1, 0.15) is 71.1 Å². The highest BCUT2D eigenvalue weighted by atomic mass is 16.1. The van der Waals surface area contributed by atoms with Gasteiger partial charge < -0.3 is 0 Å². The molecule has 0 aromatic heterocycles. The average molecular weight is 222 g/mol. The highest BCUT2D eigenvalue weighted by molar-refractivity contribution is 5.79. The molecule has 0 spiro atoms. The Morgan fingerprint density at radius 1 is 1.06 bits per heavy atom. The number of ketones is 1. The molecule has 2 aliphatic rings. The molecule has 2 rings (SSSR count). The largest absolute Gasteiger partial charge is 0.300 e. The molecule has 2 aliphatic carbocycles. The molecule has 1 nitrogen and oxygen atoms in total. The Morgan fingerprint density at radius 3 is 2.44 bits per heavy atom. The zero-order valence-corrected chi connectivity index (χ0v) is 10.7. The van der Waals surface area contributed by atoms with E-state index in [1.807, 2.05) is 0 Å². The van der Waals surface area contributed by atoms with E-state index in [2.05, 4.69) is 6.92 Å². The molecule has 0 saturated heterocycles. The van der Waals surface area contributed by atoms with Crippen LogP contribution in [0.2, 0.25) is 0 Å². The normalized spacial score (nSPS) is 36.3. The van der Waals surface area contributed by atoms with Gasteiger partial charge in [0.05, 0.1) is 0 Å². The summed E-state index contributed by atoms with van der Waals surface area (Å²) >= 11 is 0. The first-order chi connectivity index (χ1) is 7.79. The molecule has 0 aromatic rings. The van der Waals surface area contributed by atoms with E-state index >= 15 is 0 Å². The Kier molecular flexibility index (Phi) is 4.43. The number of carbonyl (C=O) groups is 1. The van der Waals surface area contributed by atoms with E-state index in [1.165, 1.54) is 51.4 Å². The summed E-state index contributed by atoms with van der Waals surface area (Å²) in [5.74, 6) is 3.17. The topological polar surface area (TPSA) is 17.1 Å². The second-order valence-corrected chi connectivity index (χ2v) is 5.96. The Bertz CT molecular complexity index is 226. The van der Waals surface area contributed by atoms with Gasteiger partial charge in [0.2, 0.25) is 0 Å². The zero-order valence-electron chi connectivity index (χ0n) is 10.7. The van der Waals surface area contributed by atoms with Gasteiger partial charge in [-0.2, -0.15) is 0 Å². The van der Waals surface area contributed by atoms with E-state index in [-0.39, 0.29) is 0 Å². The minimum atomic E-state index is 0.534. The third kappa shape index (κ3) is 3.09. The molecule has 0 amide bonds. The monoisotopic (exact) mass is 222 g/mol. The van der Waals surface area contributed by atoms with Crippen molar-refractivity contribution in [1.29, 1.82) is 0 Å². The predicted octanol–water partition coefficient (Wildman–Crippen LogP) is 4.35. The minimum absolute atomic E-state index is 0.534. The van der Waals surface area contributed by atoms with Gasteiger partial charge >= 0.3 is 0 Å². The van der Waals surface area contributed by atoms with E-state index in [1.54, 1.807) is 0 Å². The lowest BCUT2D eigenvalue weighted by atomic mass is 9.70. The highest BCUT2D eigenvalue weighted by Crippen LogP contribution is 2.40. The van der Waals surface area contributed by atoms with Crippen LogP contribution in [0.25, 0.3) is 0 Å². The second kappa shape index (κ2) is 5.84. The molecule has 1 atom stereocenters. The van der Waals surface area contributed by atoms with Crippen LogP contribution in [0.15, 0.2) is 0 Å². The lowest BCUT2D eigenvalue weighted by Gasteiger charge is -2.35. The minimum Gasteiger partial charge on any atom is -0.300 e. The molecule has 0 aliphatic heterocycles. The molecule has 1 unspecified atom stereocenters. The highest BCUT2D eigenvalue weighted by Gasteiger charge is 2.30. The Hall–Kier alpha value is -0.330. The number of carbonyl (C=O) groups excluding carboxylic acids is 1. The SMILES string of the molecule is CCCC1CCC(C2CCCC(=O)C2)CC1. The van der Waals surface area contributed by atoms with Crippen LogP contribution in [-0.2, 0) is 4.79 Å². The van der Waals surface area contributed by atoms with E-state index in [0.717, 1.165) is 30.6 Å². The fourth-order valence-corrected chi connectivity index (χ4v) is 3.82. The molecule has 0 N–H and O–H groups in total. The summed E-state index contributed by atoms with van der Waals surface area (Å²) in [4.78, 5) is 11.5. The number of Topliss-reactive ketones (excluding diaryl/α,β-unsaturated/α-hetero) is 1. The van der Waals surface area contributed by atoms with Crippen molar-refractivity contribution in [2.24, 2.45) is 17.8 Å². The Balaban J connectivity index is 1.77. The van der Waals surface area contributed by atoms with Gasteiger partial charge in [0.15, 0.2) is 0 Å². The van der Waals surface area contributed by atoms with Crippen molar-refractivity contribution in [3.63, 3.8) is 0 Å². The average Bonchev–Trinajstić information content (AvgIpc) is 2.30. The third-order valence-corrected chi connectivity index (χ3v) is 4.78. The summed E-state index contributed by atoms with van der Waals surface area (Å²) in [6, 6.07) is 0. The van der Waals surface area contributed by atoms with Gasteiger partial charge in [-0.05, 0) is 43.4 Å². The maximum atomic E-state index is 11.5. The molecule has 0 heterocycles. The van der Waals surface area contributed by atoms with E-state index in [4.69, 9.17) is 0 Å². The van der Waals surface area contributed by atoms with Crippen LogP contribution in [0, 0.1) is 17.8 Å². The Morgan fingerprint density at radius 2 is 1.81 bits per heavy atom. The standard InChI is InChI=1S/C15H26O/c1-2-4-12-7-9-13(10-8-12)14-5-3-6-15(16)11-14/h12-14H,2-11H2,1H3. The van der Waals surface area contributed by atoms with Crippen LogP contribution in [-0.4, -0.2) is 5.78 Å². The molecule has 0 bridgehead atoms. The number of rotatable bonds is 3. The molecule has 0 radical (unpaired) electrons. The summed E-state index contributed by atoms with van der Waals surface area (Å²) in [7, 11) is 0. The van der Waals surface area contributed by atoms with E-state index < -0.39 is 0 Å². The molecule has 16 heavy (non-hydrogen) atoms. The molecule has 2 saturated carbocycles. The van der Waals surface area contributed by atoms with Gasteiger partial charge in [0, 0.05) is 12.8 Å². The maximum Gasteiger partial charge on any atom is 0.133 e. The fraction of sp³-hybridized carbons (Fsp3) is 0.933. The van der Waals surface area contributed by atoms with Gasteiger partial charge in [0.1, 0.15) is 5.78 Å². The van der Waals surface area contributed by atoms with Crippen molar-refractivity contribution >= 4 is 5.78 Å². The van der Waals surface area contributed by atoms with Crippen LogP contribution in [0.5, 0.6) is 0 Å². The van der Waals surface area contributed by atoms with Gasteiger partial charge in [-0.3, -0.25) is 4.79 Å². The maximum absolute atomic E-state index is 11.5. The molecular weight excluding hydrogens is 196 g/mol. The smallest absolute Gasteiger partial charge is 0.133 e. The molecule has 92 valence electrons. The predicted molar refractivity (Wildman–Crippen MR) is 67.3 cm³/mol. The fourth-order valence-electron chi connectivity index (χ4n) is 3.82. The summed E-state index contributed by atoms with van der Waals surface area (Å²) in [5, 5.41) is 0. The van der Waals surface area contributed by atoms with Crippen molar-refractivity contribution in [2.75, 3.05) is 0 Å². The quantitative estimate of drug-likeness (QED) is 0.693. The van der Waals surface area contributed by atoms with E-state index in [0.29, 0.717) is 5.78 Å². The van der Waals surface area contributed by atoms with Gasteiger partial charge in [-0.1, -0.05) is 32.6 Å². The summed E-state index contributed by atoms with van der Waals surface area (Å²) in [5.41, 5.74) is 0. The van der Waals surface area contributed by atoms with Gasteiger partial charge in [0.25, 0.3) is 0 Å². The van der Waals surface area contributed by atoms with Crippen LogP contribution < -0.4 is 0 Å². The van der Waals surface area contributed by atoms with Gasteiger partial charge in [-0.15, -0.1) is 0 Å².